The van der Waals surface area contributed by atoms with E-state index in [9.17, 15) is 24.5 Å². The first-order valence-corrected chi connectivity index (χ1v) is 13.7. The Labute approximate surface area is 219 Å². The van der Waals surface area contributed by atoms with Crippen molar-refractivity contribution in [3.05, 3.63) is 78.8 Å². The molecule has 1 N–H and O–H groups in total. The second-order valence-electron chi connectivity index (χ2n) is 9.99. The second kappa shape index (κ2) is 8.03. The minimum atomic E-state index is -0.505. The molecule has 7 rings (SSSR count). The van der Waals surface area contributed by atoms with E-state index >= 15 is 0 Å². The van der Waals surface area contributed by atoms with Gasteiger partial charge in [0.25, 0.3) is 5.69 Å². The molecule has 3 heterocycles. The number of nitro benzene ring substituents is 1. The molecular weight excluding hydrogens is 514 g/mol. The molecule has 0 unspecified atom stereocenters. The average Bonchev–Trinajstić information content (AvgIpc) is 3.63. The SMILES string of the molecule is COc1ccccc1[C@@H]1c2sc(=O)[nH]c2S[C@@H]2[C@@H]3C[C@@H]([C@@H]4C(=O)N(c5ccc([N+](=O)[O-])cc5)C(=O)[C@@H]34)[C@@H]12. The number of benzene rings is 2. The van der Waals surface area contributed by atoms with E-state index in [4.69, 9.17) is 4.74 Å². The molecule has 7 atom stereocenters. The normalized spacial score (nSPS) is 31.3. The Hall–Kier alpha value is -3.44. The molecule has 2 amide bonds. The van der Waals surface area contributed by atoms with Crippen molar-refractivity contribution < 1.29 is 19.2 Å². The highest BCUT2D eigenvalue weighted by Crippen LogP contribution is 2.69. The molecule has 2 aromatic carbocycles. The van der Waals surface area contributed by atoms with Crippen LogP contribution in [0, 0.1) is 39.7 Å². The van der Waals surface area contributed by atoms with Gasteiger partial charge in [-0.05, 0) is 42.4 Å². The van der Waals surface area contributed by atoms with Gasteiger partial charge in [-0.2, -0.15) is 0 Å². The molecule has 0 spiro atoms. The summed E-state index contributed by atoms with van der Waals surface area (Å²) in [6.07, 6.45) is 0.786. The molecule has 0 radical (unpaired) electrons. The quantitative estimate of drug-likeness (QED) is 0.304. The maximum absolute atomic E-state index is 13.8. The Balaban J connectivity index is 1.31. The standard InChI is InChI=1S/C26H21N3O6S2/c1-35-16-5-3-2-4-13(16)17-18-14-10-15(21(18)36-23-22(17)37-26(32)27-23)20-19(14)24(30)28(25(20)31)11-6-8-12(9-7-11)29(33)34/h2-9,14-15,17-21H,10H2,1H3,(H,27,32)/t14-,15-,17+,18+,19+,20+,21-/m1/s1. The molecule has 1 saturated heterocycles. The number of hydrogen-bond acceptors (Lipinski definition) is 8. The zero-order valence-corrected chi connectivity index (χ0v) is 21.2. The number of thiazole rings is 1. The fourth-order valence-electron chi connectivity index (χ4n) is 7.27. The number of aromatic nitrogens is 1. The number of nitrogens with one attached hydrogen (secondary N) is 1. The molecule has 188 valence electrons. The maximum atomic E-state index is 13.8. The number of rotatable bonds is 4. The van der Waals surface area contributed by atoms with Crippen molar-refractivity contribution in [3.63, 3.8) is 0 Å². The van der Waals surface area contributed by atoms with E-state index in [-0.39, 0.29) is 51.3 Å². The third kappa shape index (κ3) is 3.07. The topological polar surface area (TPSA) is 123 Å². The number of fused-ring (bicyclic) bond motifs is 9. The van der Waals surface area contributed by atoms with Crippen molar-refractivity contribution in [2.24, 2.45) is 29.6 Å². The van der Waals surface area contributed by atoms with Crippen LogP contribution in [0.2, 0.25) is 0 Å². The number of non-ortho nitro benzene ring substituents is 1. The number of nitrogens with zero attached hydrogens (tertiary/aromatic N) is 2. The number of hydrogen-bond donors (Lipinski definition) is 1. The van der Waals surface area contributed by atoms with Crippen molar-refractivity contribution in [1.82, 2.24) is 4.98 Å². The number of para-hydroxylation sites is 1. The van der Waals surface area contributed by atoms with Crippen molar-refractivity contribution in [3.8, 4) is 5.75 Å². The summed E-state index contributed by atoms with van der Waals surface area (Å²) in [6.45, 7) is 0. The summed E-state index contributed by atoms with van der Waals surface area (Å²) >= 11 is 2.85. The molecule has 2 saturated carbocycles. The Kier molecular flexibility index (Phi) is 4.93. The fourth-order valence-corrected chi connectivity index (χ4v) is 10.1. The summed E-state index contributed by atoms with van der Waals surface area (Å²) < 4.78 is 5.71. The predicted octanol–water partition coefficient (Wildman–Crippen LogP) is 4.03. The second-order valence-corrected chi connectivity index (χ2v) is 12.2. The summed E-state index contributed by atoms with van der Waals surface area (Å²) in [7, 11) is 1.63. The van der Waals surface area contributed by atoms with Crippen molar-refractivity contribution in [1.29, 1.82) is 0 Å². The number of methoxy groups -OCH3 is 1. The van der Waals surface area contributed by atoms with E-state index in [0.717, 1.165) is 27.6 Å². The highest BCUT2D eigenvalue weighted by Gasteiger charge is 2.69. The minimum Gasteiger partial charge on any atom is -0.496 e. The number of carbonyl (C=O) groups is 2. The van der Waals surface area contributed by atoms with Crippen molar-refractivity contribution >= 4 is 46.3 Å². The zero-order chi connectivity index (χ0) is 25.6. The van der Waals surface area contributed by atoms with Crippen LogP contribution in [0.25, 0.3) is 0 Å². The monoisotopic (exact) mass is 535 g/mol. The third-order valence-electron chi connectivity index (χ3n) is 8.52. The fraction of sp³-hybridized carbons (Fsp3) is 0.346. The van der Waals surface area contributed by atoms with Crippen LogP contribution in [0.15, 0.2) is 58.4 Å². The predicted molar refractivity (Wildman–Crippen MR) is 137 cm³/mol. The molecule has 1 aromatic heterocycles. The maximum Gasteiger partial charge on any atom is 0.305 e. The Morgan fingerprint density at radius 2 is 1.73 bits per heavy atom. The summed E-state index contributed by atoms with van der Waals surface area (Å²) in [5.41, 5.74) is 1.27. The van der Waals surface area contributed by atoms with E-state index in [1.165, 1.54) is 40.5 Å². The molecule has 3 fully saturated rings. The van der Waals surface area contributed by atoms with Gasteiger partial charge < -0.3 is 9.72 Å². The highest BCUT2D eigenvalue weighted by atomic mass is 32.2. The van der Waals surface area contributed by atoms with Gasteiger partial charge in [0.1, 0.15) is 5.75 Å². The van der Waals surface area contributed by atoms with Crippen LogP contribution in [0.4, 0.5) is 11.4 Å². The smallest absolute Gasteiger partial charge is 0.305 e. The van der Waals surface area contributed by atoms with Crippen LogP contribution < -0.4 is 14.5 Å². The number of amides is 2. The van der Waals surface area contributed by atoms with Gasteiger partial charge in [0.2, 0.25) is 11.8 Å². The number of aromatic amines is 1. The molecule has 2 aliphatic carbocycles. The van der Waals surface area contributed by atoms with Gasteiger partial charge in [0.15, 0.2) is 0 Å². The number of ether oxygens (including phenoxy) is 1. The molecule has 2 aliphatic heterocycles. The van der Waals surface area contributed by atoms with E-state index < -0.39 is 16.8 Å². The lowest BCUT2D eigenvalue weighted by molar-refractivity contribution is -0.384. The van der Waals surface area contributed by atoms with E-state index in [1.54, 1.807) is 18.9 Å². The van der Waals surface area contributed by atoms with Gasteiger partial charge in [-0.25, -0.2) is 0 Å². The van der Waals surface area contributed by atoms with Crippen LogP contribution in [0.3, 0.4) is 0 Å². The van der Waals surface area contributed by atoms with Crippen LogP contribution in [0.1, 0.15) is 22.8 Å². The lowest BCUT2D eigenvalue weighted by Gasteiger charge is -2.43. The van der Waals surface area contributed by atoms with Crippen LogP contribution >= 0.6 is 23.1 Å². The summed E-state index contributed by atoms with van der Waals surface area (Å²) in [4.78, 5) is 55.5. The van der Waals surface area contributed by atoms with Gasteiger partial charge >= 0.3 is 4.87 Å². The lowest BCUT2D eigenvalue weighted by Crippen LogP contribution is -2.42. The number of thioether (sulfide) groups is 1. The summed E-state index contributed by atoms with van der Waals surface area (Å²) in [5, 5.41) is 12.0. The number of anilines is 1. The van der Waals surface area contributed by atoms with E-state index in [2.05, 4.69) is 4.98 Å². The minimum absolute atomic E-state index is 0.00161. The van der Waals surface area contributed by atoms with Gasteiger partial charge in [-0.1, -0.05) is 29.5 Å². The molecule has 3 aromatic rings. The molecule has 9 nitrogen and oxygen atoms in total. The third-order valence-corrected chi connectivity index (χ3v) is 11.1. The summed E-state index contributed by atoms with van der Waals surface area (Å²) in [6, 6.07) is 13.4. The van der Waals surface area contributed by atoms with Gasteiger partial charge in [-0.3, -0.25) is 29.4 Å². The summed E-state index contributed by atoms with van der Waals surface area (Å²) in [5.74, 6) is -0.652. The van der Waals surface area contributed by atoms with E-state index in [1.807, 2.05) is 24.3 Å². The van der Waals surface area contributed by atoms with Gasteiger partial charge in [-0.15, -0.1) is 11.8 Å². The highest BCUT2D eigenvalue weighted by molar-refractivity contribution is 8.00. The van der Waals surface area contributed by atoms with Crippen molar-refractivity contribution in [2.45, 2.75) is 22.6 Å². The number of carbonyl (C=O) groups excluding carboxylic acids is 2. The van der Waals surface area contributed by atoms with Gasteiger partial charge in [0, 0.05) is 33.7 Å². The van der Waals surface area contributed by atoms with Crippen LogP contribution in [0.5, 0.6) is 5.75 Å². The average molecular weight is 536 g/mol. The van der Waals surface area contributed by atoms with Crippen LogP contribution in [-0.4, -0.2) is 34.1 Å². The van der Waals surface area contributed by atoms with Gasteiger partial charge in [0.05, 0.1) is 34.6 Å². The Morgan fingerprint density at radius 3 is 2.43 bits per heavy atom. The first-order valence-electron chi connectivity index (χ1n) is 12.0. The van der Waals surface area contributed by atoms with E-state index in [0.29, 0.717) is 5.69 Å². The number of H-pyrrole nitrogens is 1. The first kappa shape index (κ1) is 22.7. The molecule has 11 heteroatoms. The first-order chi connectivity index (χ1) is 17.9. The number of imide groups is 1. The molecular formula is C26H21N3O6S2. The zero-order valence-electron chi connectivity index (χ0n) is 19.5. The number of nitro groups is 1. The molecule has 37 heavy (non-hydrogen) atoms. The Morgan fingerprint density at radius 1 is 1.03 bits per heavy atom. The Bertz CT molecular complexity index is 1530. The molecule has 4 aliphatic rings. The lowest BCUT2D eigenvalue weighted by atomic mass is 9.68. The largest absolute Gasteiger partial charge is 0.496 e. The van der Waals surface area contributed by atoms with Crippen molar-refractivity contribution in [2.75, 3.05) is 12.0 Å². The molecule has 2 bridgehead atoms. The van der Waals surface area contributed by atoms with Crippen LogP contribution in [-0.2, 0) is 9.59 Å².